The monoisotopic (exact) mass is 666 g/mol. The van der Waals surface area contributed by atoms with Crippen molar-refractivity contribution >= 4 is 17.7 Å². The molecule has 4 heteroatoms. The van der Waals surface area contributed by atoms with Gasteiger partial charge in [-0.05, 0) is 65.5 Å². The molecule has 0 saturated heterocycles. The summed E-state index contributed by atoms with van der Waals surface area (Å²) in [5.74, 6) is 0.950. The Morgan fingerprint density at radius 1 is 0.694 bits per heavy atom. The number of nitrogens with zero attached hydrogens (tertiary/aromatic N) is 1. The van der Waals surface area contributed by atoms with E-state index in [4.69, 9.17) is 0 Å². The van der Waals surface area contributed by atoms with Crippen molar-refractivity contribution in [2.45, 2.75) is 68.7 Å². The van der Waals surface area contributed by atoms with Gasteiger partial charge in [-0.2, -0.15) is 0 Å². The first kappa shape index (κ1) is 34.7. The van der Waals surface area contributed by atoms with Gasteiger partial charge in [0, 0.05) is 18.3 Å². The molecule has 0 unspecified atom stereocenters. The fourth-order valence-corrected chi connectivity index (χ4v) is 9.31. The van der Waals surface area contributed by atoms with E-state index in [9.17, 15) is 4.79 Å². The minimum absolute atomic E-state index is 0.197. The van der Waals surface area contributed by atoms with Gasteiger partial charge in [-0.15, -0.1) is 11.8 Å². The highest BCUT2D eigenvalue weighted by Gasteiger charge is 2.41. The summed E-state index contributed by atoms with van der Waals surface area (Å²) in [6.45, 7) is 6.49. The van der Waals surface area contributed by atoms with E-state index >= 15 is 0 Å². The minimum Gasteiger partial charge on any atom is -0.333 e. The maximum atomic E-state index is 14.4. The average molecular weight is 667 g/mol. The summed E-state index contributed by atoms with van der Waals surface area (Å²) in [5, 5.41) is 4.34. The smallest absolute Gasteiger partial charge is 0.240 e. The number of benzene rings is 5. The maximum absolute atomic E-state index is 14.4. The lowest BCUT2D eigenvalue weighted by Crippen LogP contribution is -2.50. The fraction of sp³-hybridized carbons (Fsp3) is 0.311. The zero-order chi connectivity index (χ0) is 33.9. The molecule has 1 fully saturated rings. The van der Waals surface area contributed by atoms with Crippen molar-refractivity contribution in [3.8, 4) is 0 Å². The number of thioether (sulfide) groups is 1. The first-order chi connectivity index (χ1) is 24.1. The van der Waals surface area contributed by atoms with Crippen LogP contribution in [-0.2, 0) is 22.6 Å². The molecule has 1 aliphatic rings. The fourth-order valence-electron chi connectivity index (χ4n) is 7.37. The van der Waals surface area contributed by atoms with Crippen LogP contribution in [0, 0.1) is 11.8 Å². The SMILES string of the molecule is CC[C@H](C)[C@H](NC[C@H]1CC[C@@H](SC(c2ccccc2)(c2ccccc2)c2ccccc2)C1)C(=O)N(Cc1ccccc1)Cc1ccccc1. The second-order valence-corrected chi connectivity index (χ2v) is 15.1. The van der Waals surface area contributed by atoms with Gasteiger partial charge in [-0.3, -0.25) is 4.79 Å². The quantitative estimate of drug-likeness (QED) is 0.113. The molecule has 0 aromatic heterocycles. The molecular weight excluding hydrogens is 617 g/mol. The van der Waals surface area contributed by atoms with E-state index in [-0.39, 0.29) is 22.6 Å². The molecule has 252 valence electrons. The van der Waals surface area contributed by atoms with Gasteiger partial charge >= 0.3 is 0 Å². The molecule has 3 nitrogen and oxygen atoms in total. The molecule has 0 heterocycles. The molecular formula is C45H50N2OS. The summed E-state index contributed by atoms with van der Waals surface area (Å²) in [4.78, 5) is 16.5. The zero-order valence-electron chi connectivity index (χ0n) is 29.0. The molecule has 1 saturated carbocycles. The highest BCUT2D eigenvalue weighted by atomic mass is 32.2. The van der Waals surface area contributed by atoms with Gasteiger partial charge in [-0.25, -0.2) is 0 Å². The summed E-state index contributed by atoms with van der Waals surface area (Å²) in [6, 6.07) is 53.7. The lowest BCUT2D eigenvalue weighted by atomic mass is 9.84. The third-order valence-electron chi connectivity index (χ3n) is 10.2. The van der Waals surface area contributed by atoms with Crippen LogP contribution < -0.4 is 5.32 Å². The Morgan fingerprint density at radius 3 is 1.55 bits per heavy atom. The number of rotatable bonds is 15. The van der Waals surface area contributed by atoms with Crippen LogP contribution in [0.4, 0.5) is 0 Å². The van der Waals surface area contributed by atoms with Crippen molar-refractivity contribution in [3.63, 3.8) is 0 Å². The summed E-state index contributed by atoms with van der Waals surface area (Å²) in [6.07, 6.45) is 4.41. The summed E-state index contributed by atoms with van der Waals surface area (Å²) in [7, 11) is 0. The molecule has 5 aromatic carbocycles. The van der Waals surface area contributed by atoms with Crippen molar-refractivity contribution in [1.29, 1.82) is 0 Å². The van der Waals surface area contributed by atoms with Crippen LogP contribution in [-0.4, -0.2) is 28.6 Å². The van der Waals surface area contributed by atoms with E-state index in [2.05, 4.69) is 175 Å². The van der Waals surface area contributed by atoms with Gasteiger partial charge in [0.2, 0.25) is 5.91 Å². The van der Waals surface area contributed by atoms with Crippen LogP contribution in [0.3, 0.4) is 0 Å². The highest BCUT2D eigenvalue weighted by Crippen LogP contribution is 2.53. The summed E-state index contributed by atoms with van der Waals surface area (Å²) >= 11 is 2.12. The number of amides is 1. The molecule has 0 aliphatic heterocycles. The van der Waals surface area contributed by atoms with Crippen LogP contribution in [0.5, 0.6) is 0 Å². The molecule has 1 aliphatic carbocycles. The van der Waals surface area contributed by atoms with Crippen molar-refractivity contribution < 1.29 is 4.79 Å². The van der Waals surface area contributed by atoms with Crippen molar-refractivity contribution in [3.05, 3.63) is 179 Å². The van der Waals surface area contributed by atoms with Gasteiger partial charge in [0.1, 0.15) is 0 Å². The predicted octanol–water partition coefficient (Wildman–Crippen LogP) is 10.1. The second kappa shape index (κ2) is 17.0. The predicted molar refractivity (Wildman–Crippen MR) is 206 cm³/mol. The Kier molecular flexibility index (Phi) is 12.1. The van der Waals surface area contributed by atoms with Crippen LogP contribution >= 0.6 is 11.8 Å². The largest absolute Gasteiger partial charge is 0.333 e. The molecule has 1 N–H and O–H groups in total. The maximum Gasteiger partial charge on any atom is 0.240 e. The lowest BCUT2D eigenvalue weighted by molar-refractivity contribution is -0.136. The molecule has 0 bridgehead atoms. The Morgan fingerprint density at radius 2 is 1.12 bits per heavy atom. The Balaban J connectivity index is 1.20. The average Bonchev–Trinajstić information content (AvgIpc) is 3.62. The number of hydrogen-bond donors (Lipinski definition) is 1. The standard InChI is InChI=1S/C45H50N2OS/c1-3-35(2)43(44(48)47(33-36-19-9-4-10-20-36)34-37-21-11-5-12-22-37)46-32-38-29-30-42(31-38)49-45(39-23-13-6-14-24-39,40-25-15-7-16-26-40)41-27-17-8-18-28-41/h4-28,35,38,42-43,46H,3,29-34H2,1-2H3/t35-,38-,42+,43-/m0/s1. The van der Waals surface area contributed by atoms with Gasteiger partial charge in [0.05, 0.1) is 10.8 Å². The van der Waals surface area contributed by atoms with Crippen LogP contribution in [0.15, 0.2) is 152 Å². The zero-order valence-corrected chi connectivity index (χ0v) is 29.8. The highest BCUT2D eigenvalue weighted by molar-refractivity contribution is 8.01. The van der Waals surface area contributed by atoms with Gasteiger partial charge < -0.3 is 10.2 Å². The van der Waals surface area contributed by atoms with Crippen molar-refractivity contribution in [2.24, 2.45) is 11.8 Å². The van der Waals surface area contributed by atoms with Crippen LogP contribution in [0.1, 0.15) is 67.3 Å². The Bertz CT molecular complexity index is 1560. The van der Waals surface area contributed by atoms with E-state index in [1.165, 1.54) is 23.1 Å². The molecule has 0 radical (unpaired) electrons. The number of hydrogen-bond acceptors (Lipinski definition) is 3. The lowest BCUT2D eigenvalue weighted by Gasteiger charge is -2.37. The van der Waals surface area contributed by atoms with Gasteiger partial charge in [0.15, 0.2) is 0 Å². The molecule has 0 spiro atoms. The third kappa shape index (κ3) is 8.55. The van der Waals surface area contributed by atoms with Crippen LogP contribution in [0.25, 0.3) is 0 Å². The number of carbonyl (C=O) groups excluding carboxylic acids is 1. The van der Waals surface area contributed by atoms with Crippen molar-refractivity contribution in [1.82, 2.24) is 10.2 Å². The first-order valence-corrected chi connectivity index (χ1v) is 18.9. The molecule has 49 heavy (non-hydrogen) atoms. The molecule has 6 rings (SSSR count). The third-order valence-corrected chi connectivity index (χ3v) is 12.0. The van der Waals surface area contributed by atoms with Crippen molar-refractivity contribution in [2.75, 3.05) is 6.54 Å². The first-order valence-electron chi connectivity index (χ1n) is 18.0. The number of nitrogens with one attached hydrogen (secondary N) is 1. The number of carbonyl (C=O) groups is 1. The second-order valence-electron chi connectivity index (χ2n) is 13.6. The van der Waals surface area contributed by atoms with Gasteiger partial charge in [-0.1, -0.05) is 172 Å². The summed E-state index contributed by atoms with van der Waals surface area (Å²) < 4.78 is -0.304. The van der Waals surface area contributed by atoms with E-state index < -0.39 is 0 Å². The van der Waals surface area contributed by atoms with Crippen LogP contribution in [0.2, 0.25) is 0 Å². The topological polar surface area (TPSA) is 32.3 Å². The van der Waals surface area contributed by atoms with E-state index in [1.807, 2.05) is 12.1 Å². The Hall–Kier alpha value is -4.12. The molecule has 1 amide bonds. The van der Waals surface area contributed by atoms with E-state index in [1.54, 1.807) is 0 Å². The van der Waals surface area contributed by atoms with E-state index in [0.717, 1.165) is 36.9 Å². The normalized spacial score (nSPS) is 17.3. The van der Waals surface area contributed by atoms with Gasteiger partial charge in [0.25, 0.3) is 0 Å². The molecule has 5 aromatic rings. The minimum atomic E-state index is -0.304. The van der Waals surface area contributed by atoms with E-state index in [0.29, 0.717) is 24.3 Å². The Labute approximate surface area is 298 Å². The summed E-state index contributed by atoms with van der Waals surface area (Å²) in [5.41, 5.74) is 6.27. The molecule has 4 atom stereocenters.